The van der Waals surface area contributed by atoms with Gasteiger partial charge in [-0.05, 0) is 29.7 Å². The molecule has 0 radical (unpaired) electrons. The van der Waals surface area contributed by atoms with Gasteiger partial charge in [0.05, 0.1) is 12.5 Å². The van der Waals surface area contributed by atoms with Crippen LogP contribution in [0.4, 0.5) is 4.39 Å². The highest BCUT2D eigenvalue weighted by atomic mass is 19.1. The van der Waals surface area contributed by atoms with E-state index in [1.165, 1.54) is 12.1 Å². The number of amides is 1. The predicted molar refractivity (Wildman–Crippen MR) is 84.3 cm³/mol. The van der Waals surface area contributed by atoms with Gasteiger partial charge in [-0.1, -0.05) is 42.5 Å². The van der Waals surface area contributed by atoms with Gasteiger partial charge in [-0.25, -0.2) is 4.39 Å². The lowest BCUT2D eigenvalue weighted by Gasteiger charge is -2.17. The van der Waals surface area contributed by atoms with Gasteiger partial charge in [0.2, 0.25) is 5.91 Å². The summed E-state index contributed by atoms with van der Waals surface area (Å²) in [5.74, 6) is -1.52. The Bertz CT molecular complexity index is 656. The first-order chi connectivity index (χ1) is 11.0. The molecule has 0 bridgehead atoms. The van der Waals surface area contributed by atoms with Crippen molar-refractivity contribution in [3.63, 3.8) is 0 Å². The third-order valence-electron chi connectivity index (χ3n) is 3.47. The van der Waals surface area contributed by atoms with E-state index in [2.05, 4.69) is 5.32 Å². The second-order valence-corrected chi connectivity index (χ2v) is 5.26. The summed E-state index contributed by atoms with van der Waals surface area (Å²) in [6.07, 6.45) is 0.515. The summed E-state index contributed by atoms with van der Waals surface area (Å²) < 4.78 is 12.8. The first-order valence-corrected chi connectivity index (χ1v) is 7.35. The number of benzene rings is 2. The molecule has 0 aliphatic rings. The van der Waals surface area contributed by atoms with Crippen LogP contribution in [0.5, 0.6) is 0 Å². The highest BCUT2D eigenvalue weighted by Crippen LogP contribution is 2.17. The molecule has 0 fully saturated rings. The Labute approximate surface area is 134 Å². The standard InChI is InChI=1S/C18H18FNO3/c19-15-9-6-13(7-10-15)8-11-17(21)20-16(12-18(22)23)14-4-2-1-3-5-14/h1-7,9-10,16H,8,11-12H2,(H,20,21)(H,22,23)/t16-/m0/s1. The van der Waals surface area contributed by atoms with Crippen molar-refractivity contribution in [2.75, 3.05) is 0 Å². The summed E-state index contributed by atoms with van der Waals surface area (Å²) >= 11 is 0. The number of carboxylic acid groups (broad SMARTS) is 1. The summed E-state index contributed by atoms with van der Waals surface area (Å²) in [7, 11) is 0. The molecule has 5 heteroatoms. The maximum atomic E-state index is 12.8. The number of halogens is 1. The van der Waals surface area contributed by atoms with Crippen LogP contribution < -0.4 is 5.32 Å². The number of aliphatic carboxylic acids is 1. The van der Waals surface area contributed by atoms with Crippen molar-refractivity contribution in [1.29, 1.82) is 0 Å². The summed E-state index contributed by atoms with van der Waals surface area (Å²) in [4.78, 5) is 23.1. The summed E-state index contributed by atoms with van der Waals surface area (Å²) in [5.41, 5.74) is 1.61. The van der Waals surface area contributed by atoms with E-state index in [1.54, 1.807) is 36.4 Å². The highest BCUT2D eigenvalue weighted by Gasteiger charge is 2.17. The van der Waals surface area contributed by atoms with E-state index in [9.17, 15) is 14.0 Å². The monoisotopic (exact) mass is 315 g/mol. The maximum absolute atomic E-state index is 12.8. The van der Waals surface area contributed by atoms with Crippen molar-refractivity contribution in [1.82, 2.24) is 5.32 Å². The maximum Gasteiger partial charge on any atom is 0.305 e. The Morgan fingerprint density at radius 1 is 1.04 bits per heavy atom. The zero-order chi connectivity index (χ0) is 16.7. The molecule has 0 aromatic heterocycles. The number of rotatable bonds is 7. The van der Waals surface area contributed by atoms with Gasteiger partial charge < -0.3 is 10.4 Å². The quantitative estimate of drug-likeness (QED) is 0.825. The highest BCUT2D eigenvalue weighted by molar-refractivity contribution is 5.78. The molecule has 2 rings (SSSR count). The lowest BCUT2D eigenvalue weighted by atomic mass is 10.0. The molecule has 0 aliphatic heterocycles. The smallest absolute Gasteiger partial charge is 0.305 e. The van der Waals surface area contributed by atoms with Crippen LogP contribution in [-0.2, 0) is 16.0 Å². The van der Waals surface area contributed by atoms with Crippen molar-refractivity contribution in [2.45, 2.75) is 25.3 Å². The van der Waals surface area contributed by atoms with Crippen molar-refractivity contribution in [3.05, 3.63) is 71.5 Å². The van der Waals surface area contributed by atoms with Gasteiger partial charge >= 0.3 is 5.97 Å². The second-order valence-electron chi connectivity index (χ2n) is 5.26. The molecule has 0 unspecified atom stereocenters. The molecule has 120 valence electrons. The van der Waals surface area contributed by atoms with Crippen molar-refractivity contribution >= 4 is 11.9 Å². The number of carbonyl (C=O) groups excluding carboxylic acids is 1. The average Bonchev–Trinajstić information content (AvgIpc) is 2.54. The van der Waals surface area contributed by atoms with Crippen LogP contribution >= 0.6 is 0 Å². The topological polar surface area (TPSA) is 66.4 Å². The van der Waals surface area contributed by atoms with Crippen LogP contribution in [0.25, 0.3) is 0 Å². The van der Waals surface area contributed by atoms with E-state index in [0.717, 1.165) is 11.1 Å². The van der Waals surface area contributed by atoms with Crippen molar-refractivity contribution < 1.29 is 19.1 Å². The van der Waals surface area contributed by atoms with Crippen LogP contribution in [0, 0.1) is 5.82 Å². The van der Waals surface area contributed by atoms with Crippen molar-refractivity contribution in [2.24, 2.45) is 0 Å². The lowest BCUT2D eigenvalue weighted by Crippen LogP contribution is -2.30. The molecule has 2 aromatic carbocycles. The molecule has 0 aliphatic carbocycles. The second kappa shape index (κ2) is 8.08. The van der Waals surface area contributed by atoms with Crippen molar-refractivity contribution in [3.8, 4) is 0 Å². The number of aryl methyl sites for hydroxylation is 1. The fraction of sp³-hybridized carbons (Fsp3) is 0.222. The SMILES string of the molecule is O=C(O)C[C@H](NC(=O)CCc1ccc(F)cc1)c1ccccc1. The predicted octanol–water partition coefficient (Wildman–Crippen LogP) is 3.09. The van der Waals surface area contributed by atoms with E-state index < -0.39 is 12.0 Å². The van der Waals surface area contributed by atoms with E-state index >= 15 is 0 Å². The van der Waals surface area contributed by atoms with Crippen LogP contribution in [0.2, 0.25) is 0 Å². The number of carboxylic acids is 1. The normalized spacial score (nSPS) is 11.7. The molecule has 1 amide bonds. The van der Waals surface area contributed by atoms with E-state index in [0.29, 0.717) is 6.42 Å². The Balaban J connectivity index is 1.94. The van der Waals surface area contributed by atoms with Gasteiger partial charge in [0.25, 0.3) is 0 Å². The molecule has 4 nitrogen and oxygen atoms in total. The molecular formula is C18H18FNO3. The van der Waals surface area contributed by atoms with E-state index in [4.69, 9.17) is 5.11 Å². The Morgan fingerprint density at radius 2 is 1.70 bits per heavy atom. The molecule has 23 heavy (non-hydrogen) atoms. The third-order valence-corrected chi connectivity index (χ3v) is 3.47. The summed E-state index contributed by atoms with van der Waals surface area (Å²) in [6.45, 7) is 0. The third kappa shape index (κ3) is 5.54. The average molecular weight is 315 g/mol. The zero-order valence-corrected chi connectivity index (χ0v) is 12.5. The van der Waals surface area contributed by atoms with Gasteiger partial charge in [-0.3, -0.25) is 9.59 Å². The van der Waals surface area contributed by atoms with Crippen LogP contribution in [0.3, 0.4) is 0 Å². The van der Waals surface area contributed by atoms with E-state index in [-0.39, 0.29) is 24.6 Å². The Kier molecular flexibility index (Phi) is 5.86. The molecular weight excluding hydrogens is 297 g/mol. The number of hydrogen-bond donors (Lipinski definition) is 2. The lowest BCUT2D eigenvalue weighted by molar-refractivity contribution is -0.137. The molecule has 0 heterocycles. The molecule has 0 saturated carbocycles. The summed E-state index contributed by atoms with van der Waals surface area (Å²) in [5, 5.41) is 11.8. The number of carbonyl (C=O) groups is 2. The van der Waals surface area contributed by atoms with Crippen LogP contribution in [0.15, 0.2) is 54.6 Å². The van der Waals surface area contributed by atoms with Gasteiger partial charge in [0.1, 0.15) is 5.82 Å². The fourth-order valence-corrected chi connectivity index (χ4v) is 2.29. The van der Waals surface area contributed by atoms with Gasteiger partial charge in [0.15, 0.2) is 0 Å². The fourth-order valence-electron chi connectivity index (χ4n) is 2.29. The number of hydrogen-bond acceptors (Lipinski definition) is 2. The number of nitrogens with one attached hydrogen (secondary N) is 1. The first kappa shape index (κ1) is 16.7. The minimum Gasteiger partial charge on any atom is -0.481 e. The Hall–Kier alpha value is -2.69. The summed E-state index contributed by atoms with van der Waals surface area (Å²) in [6, 6.07) is 14.4. The largest absolute Gasteiger partial charge is 0.481 e. The zero-order valence-electron chi connectivity index (χ0n) is 12.5. The minimum atomic E-state index is -0.974. The molecule has 2 aromatic rings. The molecule has 2 N–H and O–H groups in total. The first-order valence-electron chi connectivity index (χ1n) is 7.35. The van der Waals surface area contributed by atoms with Gasteiger partial charge in [-0.15, -0.1) is 0 Å². The van der Waals surface area contributed by atoms with Gasteiger partial charge in [-0.2, -0.15) is 0 Å². The minimum absolute atomic E-state index is 0.174. The molecule has 1 atom stereocenters. The molecule has 0 spiro atoms. The Morgan fingerprint density at radius 3 is 2.30 bits per heavy atom. The van der Waals surface area contributed by atoms with E-state index in [1.807, 2.05) is 6.07 Å². The van der Waals surface area contributed by atoms with Crippen LogP contribution in [-0.4, -0.2) is 17.0 Å². The molecule has 0 saturated heterocycles. The van der Waals surface area contributed by atoms with Gasteiger partial charge in [0, 0.05) is 6.42 Å². The van der Waals surface area contributed by atoms with Crippen LogP contribution in [0.1, 0.15) is 30.0 Å².